The number of methoxy groups -OCH3 is 1. The molecular formula is C35H34N4O6. The molecule has 0 fully saturated rings. The number of rotatable bonds is 11. The number of benzene rings is 4. The summed E-state index contributed by atoms with van der Waals surface area (Å²) in [5, 5.41) is 17.9. The number of fused-ring (bicyclic) bond motifs is 1. The lowest BCUT2D eigenvalue weighted by molar-refractivity contribution is -0.137. The molecule has 5 rings (SSSR count). The summed E-state index contributed by atoms with van der Waals surface area (Å²) >= 11 is 0. The first-order valence-corrected chi connectivity index (χ1v) is 14.6. The molecule has 1 unspecified atom stereocenters. The molecule has 10 heteroatoms. The van der Waals surface area contributed by atoms with Crippen molar-refractivity contribution >= 4 is 40.9 Å². The molecule has 1 aliphatic rings. The molecule has 1 atom stereocenters. The fraction of sp³-hybridized carbons (Fsp3) is 0.200. The summed E-state index contributed by atoms with van der Waals surface area (Å²) in [7, 11) is 1.51. The Bertz CT molecular complexity index is 1690. The zero-order valence-electron chi connectivity index (χ0n) is 24.8. The predicted molar refractivity (Wildman–Crippen MR) is 172 cm³/mol. The number of nitrogens with one attached hydrogen (secondary N) is 3. The maximum absolute atomic E-state index is 13.0. The summed E-state index contributed by atoms with van der Waals surface area (Å²) in [6.45, 7) is 0.595. The number of hydrogen-bond donors (Lipinski definition) is 4. The molecule has 45 heavy (non-hydrogen) atoms. The molecule has 0 spiro atoms. The van der Waals surface area contributed by atoms with E-state index in [0.29, 0.717) is 34.8 Å². The minimum atomic E-state index is -0.956. The van der Waals surface area contributed by atoms with Gasteiger partial charge in [0.1, 0.15) is 5.75 Å². The normalized spacial score (nSPS) is 12.5. The number of urea groups is 1. The van der Waals surface area contributed by atoms with Crippen molar-refractivity contribution < 1.29 is 29.0 Å². The second kappa shape index (κ2) is 14.2. The molecule has 4 N–H and O–H groups in total. The largest absolute Gasteiger partial charge is 0.495 e. The number of carboxylic acids is 1. The highest BCUT2D eigenvalue weighted by Gasteiger charge is 2.25. The molecule has 1 aliphatic heterocycles. The van der Waals surface area contributed by atoms with E-state index < -0.39 is 12.0 Å². The van der Waals surface area contributed by atoms with Crippen LogP contribution in [-0.4, -0.2) is 42.6 Å². The third kappa shape index (κ3) is 7.85. The Hall–Kier alpha value is -5.64. The van der Waals surface area contributed by atoms with E-state index in [9.17, 15) is 24.3 Å². The fourth-order valence-electron chi connectivity index (χ4n) is 5.29. The molecule has 4 aromatic carbocycles. The number of ether oxygens (including phenoxy) is 1. The van der Waals surface area contributed by atoms with E-state index in [1.165, 1.54) is 7.11 Å². The van der Waals surface area contributed by atoms with Gasteiger partial charge in [0, 0.05) is 29.9 Å². The van der Waals surface area contributed by atoms with Crippen molar-refractivity contribution in [1.29, 1.82) is 0 Å². The van der Waals surface area contributed by atoms with Crippen LogP contribution in [0.2, 0.25) is 0 Å². The van der Waals surface area contributed by atoms with E-state index in [1.807, 2.05) is 30.3 Å². The van der Waals surface area contributed by atoms with Crippen LogP contribution in [-0.2, 0) is 22.4 Å². The molecule has 0 saturated carbocycles. The number of aliphatic carboxylic acids is 1. The Morgan fingerprint density at radius 3 is 2.36 bits per heavy atom. The van der Waals surface area contributed by atoms with Gasteiger partial charge in [-0.15, -0.1) is 0 Å². The quantitative estimate of drug-likeness (QED) is 0.170. The molecule has 0 radical (unpaired) electrons. The number of carboxylic acid groups (broad SMARTS) is 1. The van der Waals surface area contributed by atoms with Crippen molar-refractivity contribution in [1.82, 2.24) is 5.32 Å². The van der Waals surface area contributed by atoms with E-state index >= 15 is 0 Å². The SMILES string of the molecule is COc1cc(CC(=O)Nc2ccc(C(CCC(=O)O)NC(=O)c3ccccc3)cc2)ccc1NC(=O)N1CCc2ccccc21. The summed E-state index contributed by atoms with van der Waals surface area (Å²) in [4.78, 5) is 51.6. The minimum Gasteiger partial charge on any atom is -0.495 e. The van der Waals surface area contributed by atoms with Gasteiger partial charge in [-0.1, -0.05) is 54.6 Å². The van der Waals surface area contributed by atoms with Crippen molar-refractivity contribution in [3.63, 3.8) is 0 Å². The lowest BCUT2D eigenvalue weighted by Gasteiger charge is -2.19. The van der Waals surface area contributed by atoms with Crippen molar-refractivity contribution in [2.45, 2.75) is 31.7 Å². The van der Waals surface area contributed by atoms with Gasteiger partial charge in [-0.2, -0.15) is 0 Å². The van der Waals surface area contributed by atoms with Gasteiger partial charge in [-0.05, 0) is 72.0 Å². The van der Waals surface area contributed by atoms with Crippen molar-refractivity contribution in [3.05, 3.63) is 119 Å². The summed E-state index contributed by atoms with van der Waals surface area (Å²) in [5.41, 5.74) is 4.97. The van der Waals surface area contributed by atoms with Crippen LogP contribution in [0.5, 0.6) is 5.75 Å². The monoisotopic (exact) mass is 606 g/mol. The van der Waals surface area contributed by atoms with Crippen LogP contribution >= 0.6 is 0 Å². The second-order valence-corrected chi connectivity index (χ2v) is 10.7. The smallest absolute Gasteiger partial charge is 0.326 e. The lowest BCUT2D eigenvalue weighted by atomic mass is 10.0. The van der Waals surface area contributed by atoms with E-state index in [-0.39, 0.29) is 37.1 Å². The van der Waals surface area contributed by atoms with Gasteiger partial charge in [0.15, 0.2) is 0 Å². The molecule has 0 aromatic heterocycles. The van der Waals surface area contributed by atoms with Crippen molar-refractivity contribution in [2.75, 3.05) is 29.2 Å². The van der Waals surface area contributed by atoms with Crippen LogP contribution in [0.25, 0.3) is 0 Å². The third-order valence-corrected chi connectivity index (χ3v) is 7.59. The van der Waals surface area contributed by atoms with Gasteiger partial charge >= 0.3 is 12.0 Å². The van der Waals surface area contributed by atoms with Crippen LogP contribution < -0.4 is 25.6 Å². The van der Waals surface area contributed by atoms with E-state index in [4.69, 9.17) is 4.74 Å². The number of anilines is 3. The summed E-state index contributed by atoms with van der Waals surface area (Å²) in [6.07, 6.45) is 0.966. The zero-order chi connectivity index (χ0) is 31.8. The number of hydrogen-bond acceptors (Lipinski definition) is 5. The number of carbonyl (C=O) groups excluding carboxylic acids is 3. The predicted octanol–water partition coefficient (Wildman–Crippen LogP) is 5.81. The number of carbonyl (C=O) groups is 4. The van der Waals surface area contributed by atoms with E-state index in [0.717, 1.165) is 23.2 Å². The van der Waals surface area contributed by atoms with Gasteiger partial charge < -0.3 is 25.8 Å². The van der Waals surface area contributed by atoms with Gasteiger partial charge in [0.25, 0.3) is 5.91 Å². The Morgan fingerprint density at radius 1 is 0.889 bits per heavy atom. The summed E-state index contributed by atoms with van der Waals surface area (Å²) in [5.74, 6) is -1.07. The molecule has 0 bridgehead atoms. The average Bonchev–Trinajstić information content (AvgIpc) is 3.49. The number of amides is 4. The Morgan fingerprint density at radius 2 is 1.62 bits per heavy atom. The maximum atomic E-state index is 13.0. The minimum absolute atomic E-state index is 0.0697. The number of para-hydroxylation sites is 1. The Labute approximate surface area is 261 Å². The first kappa shape index (κ1) is 30.8. The lowest BCUT2D eigenvalue weighted by Crippen LogP contribution is -2.33. The van der Waals surface area contributed by atoms with Gasteiger partial charge in [-0.3, -0.25) is 19.3 Å². The van der Waals surface area contributed by atoms with Crippen LogP contribution in [0.4, 0.5) is 21.9 Å². The van der Waals surface area contributed by atoms with Crippen LogP contribution in [0, 0.1) is 0 Å². The average molecular weight is 607 g/mol. The van der Waals surface area contributed by atoms with Crippen LogP contribution in [0.3, 0.4) is 0 Å². The van der Waals surface area contributed by atoms with Gasteiger partial charge in [0.2, 0.25) is 5.91 Å². The summed E-state index contributed by atoms with van der Waals surface area (Å²) < 4.78 is 5.51. The molecule has 1 heterocycles. The molecule has 10 nitrogen and oxygen atoms in total. The zero-order valence-corrected chi connectivity index (χ0v) is 24.8. The molecule has 0 aliphatic carbocycles. The highest BCUT2D eigenvalue weighted by Crippen LogP contribution is 2.31. The third-order valence-electron chi connectivity index (χ3n) is 7.59. The van der Waals surface area contributed by atoms with E-state index in [1.54, 1.807) is 71.6 Å². The molecule has 0 saturated heterocycles. The molecular weight excluding hydrogens is 572 g/mol. The topological polar surface area (TPSA) is 137 Å². The highest BCUT2D eigenvalue weighted by atomic mass is 16.5. The van der Waals surface area contributed by atoms with Crippen molar-refractivity contribution in [3.8, 4) is 5.75 Å². The van der Waals surface area contributed by atoms with Crippen LogP contribution in [0.1, 0.15) is 45.9 Å². The van der Waals surface area contributed by atoms with Crippen molar-refractivity contribution in [2.24, 2.45) is 0 Å². The standard InChI is InChI=1S/C35H34N4O6/c1-45-31-21-23(11-16-29(31)38-35(44)39-20-19-25-7-5-6-10-30(25)39)22-32(40)36-27-14-12-24(13-15-27)28(17-18-33(41)42)37-34(43)26-8-3-2-4-9-26/h2-16,21,28H,17-20,22H2,1H3,(H,36,40)(H,37,43)(H,38,44)(H,41,42). The Balaban J connectivity index is 1.20. The molecule has 4 aromatic rings. The first-order valence-electron chi connectivity index (χ1n) is 14.6. The first-order chi connectivity index (χ1) is 21.8. The van der Waals surface area contributed by atoms with E-state index in [2.05, 4.69) is 16.0 Å². The summed E-state index contributed by atoms with van der Waals surface area (Å²) in [6, 6.07) is 27.9. The molecule has 4 amide bonds. The van der Waals surface area contributed by atoms with Crippen LogP contribution in [0.15, 0.2) is 97.1 Å². The van der Waals surface area contributed by atoms with Gasteiger partial charge in [-0.25, -0.2) is 4.79 Å². The fourth-order valence-corrected chi connectivity index (χ4v) is 5.29. The number of nitrogens with zero attached hydrogens (tertiary/aromatic N) is 1. The maximum Gasteiger partial charge on any atom is 0.326 e. The Kier molecular flexibility index (Phi) is 9.74. The highest BCUT2D eigenvalue weighted by molar-refractivity contribution is 6.04. The molecule has 230 valence electrons. The second-order valence-electron chi connectivity index (χ2n) is 10.7. The van der Waals surface area contributed by atoms with Gasteiger partial charge in [0.05, 0.1) is 25.3 Å².